The molecule has 0 aromatic rings. The number of rotatable bonds is 0. The highest BCUT2D eigenvalue weighted by Crippen LogP contribution is 1.84. The molecule has 2 amide bonds. The van der Waals surface area contributed by atoms with Gasteiger partial charge in [-0.15, -0.1) is 0 Å². The highest BCUT2D eigenvalue weighted by atomic mass is 16.2. The first-order valence-electron chi connectivity index (χ1n) is 3.00. The predicted molar refractivity (Wildman–Crippen MR) is 34.9 cm³/mol. The van der Waals surface area contributed by atoms with E-state index in [1.807, 2.05) is 0 Å². The van der Waals surface area contributed by atoms with Crippen LogP contribution in [0.25, 0.3) is 0 Å². The lowest BCUT2D eigenvalue weighted by Crippen LogP contribution is -2.36. The minimum absolute atomic E-state index is 0.0726. The van der Waals surface area contributed by atoms with Crippen LogP contribution in [0.1, 0.15) is 6.42 Å². The van der Waals surface area contributed by atoms with Gasteiger partial charge in [0.15, 0.2) is 0 Å². The van der Waals surface area contributed by atoms with Crippen molar-refractivity contribution in [3.05, 3.63) is 12.3 Å². The quantitative estimate of drug-likeness (QED) is 0.460. The van der Waals surface area contributed by atoms with Crippen LogP contribution >= 0.6 is 0 Å². The Balaban J connectivity index is 2.53. The molecule has 4 heteroatoms. The van der Waals surface area contributed by atoms with E-state index in [1.165, 1.54) is 6.20 Å². The minimum Gasteiger partial charge on any atom is -0.347 e. The summed E-state index contributed by atoms with van der Waals surface area (Å²) in [5, 5.41) is 4.90. The molecule has 1 aliphatic rings. The summed E-state index contributed by atoms with van der Waals surface area (Å²) in [6.45, 7) is 0.0726. The molecule has 0 unspecified atom stereocenters. The summed E-state index contributed by atoms with van der Waals surface area (Å²) in [6.07, 6.45) is 3.42. The van der Waals surface area contributed by atoms with E-state index in [0.717, 1.165) is 0 Å². The van der Waals surface area contributed by atoms with Crippen LogP contribution in [-0.4, -0.2) is 18.4 Å². The first-order chi connectivity index (χ1) is 4.79. The van der Waals surface area contributed by atoms with E-state index in [2.05, 4.69) is 10.6 Å². The van der Waals surface area contributed by atoms with Crippen LogP contribution in [0.3, 0.4) is 0 Å². The summed E-state index contributed by atoms with van der Waals surface area (Å²) in [5.74, 6) is -0.310. The Kier molecular flexibility index (Phi) is 2.04. The van der Waals surface area contributed by atoms with E-state index in [0.29, 0.717) is 6.42 Å². The summed E-state index contributed by atoms with van der Waals surface area (Å²) < 4.78 is 0. The number of nitrogens with one attached hydrogen (secondary N) is 2. The van der Waals surface area contributed by atoms with Crippen LogP contribution < -0.4 is 10.6 Å². The predicted octanol–water partition coefficient (Wildman–Crippen LogP) is -0.864. The van der Waals surface area contributed by atoms with Gasteiger partial charge in [0.25, 0.3) is 0 Å². The Morgan fingerprint density at radius 3 is 2.90 bits per heavy atom. The average molecular weight is 140 g/mol. The molecule has 54 valence electrons. The zero-order valence-electron chi connectivity index (χ0n) is 5.39. The molecular weight excluding hydrogens is 132 g/mol. The highest BCUT2D eigenvalue weighted by molar-refractivity contribution is 5.86. The molecule has 1 aliphatic heterocycles. The molecule has 1 rings (SSSR count). The fraction of sp³-hybridized carbons (Fsp3) is 0.333. The first kappa shape index (κ1) is 6.80. The van der Waals surface area contributed by atoms with Crippen molar-refractivity contribution >= 4 is 11.8 Å². The zero-order chi connectivity index (χ0) is 7.40. The molecule has 0 saturated heterocycles. The second-order valence-electron chi connectivity index (χ2n) is 1.95. The summed E-state index contributed by atoms with van der Waals surface area (Å²) in [6, 6.07) is 0. The number of amides is 2. The van der Waals surface area contributed by atoms with Crippen LogP contribution in [-0.2, 0) is 9.59 Å². The Morgan fingerprint density at radius 1 is 1.30 bits per heavy atom. The van der Waals surface area contributed by atoms with Gasteiger partial charge in [0.2, 0.25) is 11.8 Å². The SMILES string of the molecule is O=C1CNC(=O)CC=CN1. The molecule has 0 radical (unpaired) electrons. The monoisotopic (exact) mass is 140 g/mol. The lowest BCUT2D eigenvalue weighted by molar-refractivity contribution is -0.125. The van der Waals surface area contributed by atoms with Gasteiger partial charge < -0.3 is 10.6 Å². The highest BCUT2D eigenvalue weighted by Gasteiger charge is 2.04. The van der Waals surface area contributed by atoms with Gasteiger partial charge >= 0.3 is 0 Å². The molecule has 0 spiro atoms. The van der Waals surface area contributed by atoms with E-state index in [9.17, 15) is 9.59 Å². The van der Waals surface area contributed by atoms with E-state index < -0.39 is 0 Å². The normalized spacial score (nSPS) is 18.8. The van der Waals surface area contributed by atoms with Gasteiger partial charge in [-0.2, -0.15) is 0 Å². The third-order valence-corrected chi connectivity index (χ3v) is 1.11. The van der Waals surface area contributed by atoms with E-state index in [-0.39, 0.29) is 18.4 Å². The fourth-order valence-electron chi connectivity index (χ4n) is 0.620. The van der Waals surface area contributed by atoms with Gasteiger partial charge in [-0.1, -0.05) is 6.08 Å². The summed E-state index contributed by atoms with van der Waals surface area (Å²) in [5.41, 5.74) is 0. The van der Waals surface area contributed by atoms with Gasteiger partial charge in [-0.05, 0) is 0 Å². The molecule has 0 fully saturated rings. The molecule has 0 saturated carbocycles. The van der Waals surface area contributed by atoms with Gasteiger partial charge in [-0.3, -0.25) is 9.59 Å². The van der Waals surface area contributed by atoms with Gasteiger partial charge in [0.1, 0.15) is 0 Å². The van der Waals surface area contributed by atoms with Crippen molar-refractivity contribution in [2.75, 3.05) is 6.54 Å². The number of carbonyl (C=O) groups is 2. The fourth-order valence-corrected chi connectivity index (χ4v) is 0.620. The summed E-state index contributed by atoms with van der Waals surface area (Å²) >= 11 is 0. The van der Waals surface area contributed by atoms with E-state index in [4.69, 9.17) is 0 Å². The Morgan fingerprint density at radius 2 is 2.10 bits per heavy atom. The van der Waals surface area contributed by atoms with Crippen LogP contribution in [0.4, 0.5) is 0 Å². The molecule has 4 nitrogen and oxygen atoms in total. The molecule has 0 bridgehead atoms. The standard InChI is InChI=1S/C6H8N2O2/c9-5-2-1-3-7-6(10)4-8-5/h1,3H,2,4H2,(H,7,10)(H,8,9). The van der Waals surface area contributed by atoms with Crippen molar-refractivity contribution in [3.8, 4) is 0 Å². The molecule has 0 aromatic carbocycles. The number of carbonyl (C=O) groups excluding carboxylic acids is 2. The third-order valence-electron chi connectivity index (χ3n) is 1.11. The van der Waals surface area contributed by atoms with E-state index >= 15 is 0 Å². The lowest BCUT2D eigenvalue weighted by Gasteiger charge is -2.05. The zero-order valence-corrected chi connectivity index (χ0v) is 5.39. The smallest absolute Gasteiger partial charge is 0.243 e. The van der Waals surface area contributed by atoms with Crippen molar-refractivity contribution in [3.63, 3.8) is 0 Å². The van der Waals surface area contributed by atoms with Crippen molar-refractivity contribution in [2.45, 2.75) is 6.42 Å². The number of hydrogen-bond acceptors (Lipinski definition) is 2. The molecule has 1 heterocycles. The maximum atomic E-state index is 10.6. The largest absolute Gasteiger partial charge is 0.347 e. The third kappa shape index (κ3) is 1.89. The van der Waals surface area contributed by atoms with Crippen LogP contribution in [0.15, 0.2) is 12.3 Å². The molecular formula is C6H8N2O2. The van der Waals surface area contributed by atoms with Crippen molar-refractivity contribution in [1.82, 2.24) is 10.6 Å². The van der Waals surface area contributed by atoms with Gasteiger partial charge in [0.05, 0.1) is 6.54 Å². The molecule has 0 atom stereocenters. The maximum absolute atomic E-state index is 10.6. The topological polar surface area (TPSA) is 58.2 Å². The molecule has 0 aliphatic carbocycles. The van der Waals surface area contributed by atoms with E-state index in [1.54, 1.807) is 6.08 Å². The number of hydrogen-bond donors (Lipinski definition) is 2. The van der Waals surface area contributed by atoms with Gasteiger partial charge in [0, 0.05) is 12.6 Å². The maximum Gasteiger partial charge on any atom is 0.243 e. The summed E-state index contributed by atoms with van der Waals surface area (Å²) in [4.78, 5) is 21.2. The van der Waals surface area contributed by atoms with Crippen LogP contribution in [0.5, 0.6) is 0 Å². The molecule has 10 heavy (non-hydrogen) atoms. The van der Waals surface area contributed by atoms with Crippen molar-refractivity contribution in [1.29, 1.82) is 0 Å². The summed E-state index contributed by atoms with van der Waals surface area (Å²) in [7, 11) is 0. The van der Waals surface area contributed by atoms with Crippen LogP contribution in [0, 0.1) is 0 Å². The first-order valence-corrected chi connectivity index (χ1v) is 3.00. The molecule has 2 N–H and O–H groups in total. The minimum atomic E-state index is -0.190. The van der Waals surface area contributed by atoms with Crippen LogP contribution in [0.2, 0.25) is 0 Å². The Hall–Kier alpha value is -1.32. The Bertz CT molecular complexity index is 166. The van der Waals surface area contributed by atoms with Crippen molar-refractivity contribution < 1.29 is 9.59 Å². The molecule has 0 aromatic heterocycles. The van der Waals surface area contributed by atoms with Crippen molar-refractivity contribution in [2.24, 2.45) is 0 Å². The average Bonchev–Trinajstić information content (AvgIpc) is 1.90. The second-order valence-corrected chi connectivity index (χ2v) is 1.95. The van der Waals surface area contributed by atoms with Gasteiger partial charge in [-0.25, -0.2) is 0 Å². The Labute approximate surface area is 58.3 Å². The second kappa shape index (κ2) is 3.00. The lowest BCUT2D eigenvalue weighted by atomic mass is 10.3.